The van der Waals surface area contributed by atoms with Crippen molar-refractivity contribution in [1.82, 2.24) is 20.6 Å². The number of hydrogen-bond donors (Lipinski definition) is 2. The Hall–Kier alpha value is -1.77. The number of H-pyrrole nitrogens is 1. The molecule has 0 unspecified atom stereocenters. The van der Waals surface area contributed by atoms with Crippen LogP contribution in [0.2, 0.25) is 0 Å². The molecule has 0 amide bonds. The third-order valence-electron chi connectivity index (χ3n) is 2.51. The maximum atomic E-state index is 11.6. The molecule has 0 saturated heterocycles. The Morgan fingerprint density at radius 1 is 1.41 bits per heavy atom. The fraction of sp³-hybridized carbons (Fsp3) is 0.0909. The standard InChI is InChI=1S/C11H8Br2N6O2S/c1-22(20,21)7-2-8(12)10(9(13)3-7)15-5-6(4-14)11-16-18-19-17-11/h2-3,5,15H,1H3,(H,16,17,18,19). The van der Waals surface area contributed by atoms with Gasteiger partial charge in [0.2, 0.25) is 5.82 Å². The van der Waals surface area contributed by atoms with E-state index in [-0.39, 0.29) is 16.3 Å². The molecule has 0 bridgehead atoms. The van der Waals surface area contributed by atoms with Crippen molar-refractivity contribution in [2.24, 2.45) is 0 Å². The summed E-state index contributed by atoms with van der Waals surface area (Å²) in [5, 5.41) is 25.0. The first-order chi connectivity index (χ1) is 10.3. The molecule has 0 aliphatic heterocycles. The monoisotopic (exact) mass is 446 g/mol. The van der Waals surface area contributed by atoms with Crippen molar-refractivity contribution in [2.45, 2.75) is 4.90 Å². The number of nitrogens with one attached hydrogen (secondary N) is 2. The van der Waals surface area contributed by atoms with Crippen molar-refractivity contribution in [2.75, 3.05) is 11.6 Å². The number of nitriles is 1. The molecule has 0 aliphatic carbocycles. The van der Waals surface area contributed by atoms with Gasteiger partial charge in [0.15, 0.2) is 9.84 Å². The zero-order chi connectivity index (χ0) is 16.3. The van der Waals surface area contributed by atoms with Crippen molar-refractivity contribution >= 4 is 53.0 Å². The summed E-state index contributed by atoms with van der Waals surface area (Å²) in [6, 6.07) is 4.87. The van der Waals surface area contributed by atoms with E-state index in [0.29, 0.717) is 14.6 Å². The van der Waals surface area contributed by atoms with E-state index in [1.54, 1.807) is 0 Å². The molecule has 0 atom stereocenters. The zero-order valence-corrected chi connectivity index (χ0v) is 15.0. The lowest BCUT2D eigenvalue weighted by atomic mass is 10.3. The highest BCUT2D eigenvalue weighted by atomic mass is 79.9. The van der Waals surface area contributed by atoms with E-state index < -0.39 is 9.84 Å². The molecule has 0 saturated carbocycles. The van der Waals surface area contributed by atoms with E-state index in [1.807, 2.05) is 6.07 Å². The number of aromatic amines is 1. The second-order valence-corrected chi connectivity index (χ2v) is 7.81. The highest BCUT2D eigenvalue weighted by molar-refractivity contribution is 9.11. The van der Waals surface area contributed by atoms with Crippen molar-refractivity contribution in [3.63, 3.8) is 0 Å². The van der Waals surface area contributed by atoms with Gasteiger partial charge in [-0.3, -0.25) is 0 Å². The lowest BCUT2D eigenvalue weighted by molar-refractivity contribution is 0.602. The van der Waals surface area contributed by atoms with Gasteiger partial charge in [-0.25, -0.2) is 8.42 Å². The molecule has 1 aromatic carbocycles. The van der Waals surface area contributed by atoms with Crippen LogP contribution in [0.25, 0.3) is 5.57 Å². The normalized spacial score (nSPS) is 12.0. The summed E-state index contributed by atoms with van der Waals surface area (Å²) in [4.78, 5) is 0.166. The Bertz CT molecular complexity index is 847. The second kappa shape index (κ2) is 6.55. The van der Waals surface area contributed by atoms with Crippen LogP contribution in [0.4, 0.5) is 5.69 Å². The maximum absolute atomic E-state index is 11.6. The molecule has 2 N–H and O–H groups in total. The Kier molecular flexibility index (Phi) is 4.94. The average molecular weight is 448 g/mol. The van der Waals surface area contributed by atoms with Crippen molar-refractivity contribution in [3.8, 4) is 6.07 Å². The summed E-state index contributed by atoms with van der Waals surface area (Å²) in [7, 11) is -3.32. The van der Waals surface area contributed by atoms with Crippen LogP contribution in [0.1, 0.15) is 5.82 Å². The van der Waals surface area contributed by atoms with Gasteiger partial charge in [0.05, 0.1) is 10.6 Å². The molecule has 1 heterocycles. The van der Waals surface area contributed by atoms with Gasteiger partial charge in [0, 0.05) is 21.4 Å². The number of halogens is 2. The van der Waals surface area contributed by atoms with Gasteiger partial charge in [-0.05, 0) is 49.2 Å². The number of anilines is 1. The Morgan fingerprint density at radius 2 is 2.05 bits per heavy atom. The molecule has 114 valence electrons. The van der Waals surface area contributed by atoms with Crippen LogP contribution >= 0.6 is 31.9 Å². The minimum Gasteiger partial charge on any atom is -0.358 e. The number of hydrogen-bond acceptors (Lipinski definition) is 7. The van der Waals surface area contributed by atoms with E-state index in [4.69, 9.17) is 5.26 Å². The molecular formula is C11H8Br2N6O2S. The summed E-state index contributed by atoms with van der Waals surface area (Å²) in [6.07, 6.45) is 2.52. The largest absolute Gasteiger partial charge is 0.358 e. The Balaban J connectivity index is 2.37. The molecule has 8 nitrogen and oxygen atoms in total. The quantitative estimate of drug-likeness (QED) is 0.687. The number of tetrazole rings is 1. The summed E-state index contributed by atoms with van der Waals surface area (Å²) < 4.78 is 24.2. The maximum Gasteiger partial charge on any atom is 0.216 e. The first-order valence-corrected chi connectivity index (χ1v) is 9.10. The van der Waals surface area contributed by atoms with E-state index in [1.165, 1.54) is 18.3 Å². The lowest BCUT2D eigenvalue weighted by Gasteiger charge is -2.09. The van der Waals surface area contributed by atoms with Crippen molar-refractivity contribution in [3.05, 3.63) is 33.1 Å². The number of aromatic nitrogens is 4. The number of rotatable bonds is 4. The van der Waals surface area contributed by atoms with Crippen LogP contribution in [0.3, 0.4) is 0 Å². The highest BCUT2D eigenvalue weighted by Gasteiger charge is 2.14. The minimum atomic E-state index is -3.32. The average Bonchev–Trinajstić information content (AvgIpc) is 2.94. The highest BCUT2D eigenvalue weighted by Crippen LogP contribution is 2.34. The zero-order valence-electron chi connectivity index (χ0n) is 11.0. The van der Waals surface area contributed by atoms with Crippen LogP contribution in [0.5, 0.6) is 0 Å². The van der Waals surface area contributed by atoms with Crippen molar-refractivity contribution < 1.29 is 8.42 Å². The number of benzene rings is 1. The lowest BCUT2D eigenvalue weighted by Crippen LogP contribution is -2.00. The predicted molar refractivity (Wildman–Crippen MR) is 86.3 cm³/mol. The van der Waals surface area contributed by atoms with Gasteiger partial charge in [-0.2, -0.15) is 10.5 Å². The molecule has 0 radical (unpaired) electrons. The smallest absolute Gasteiger partial charge is 0.216 e. The molecule has 2 aromatic rings. The number of sulfone groups is 1. The van der Waals surface area contributed by atoms with Gasteiger partial charge in [0.25, 0.3) is 0 Å². The van der Waals surface area contributed by atoms with Crippen LogP contribution in [-0.2, 0) is 9.84 Å². The van der Waals surface area contributed by atoms with E-state index in [0.717, 1.165) is 6.26 Å². The van der Waals surface area contributed by atoms with Crippen LogP contribution in [0, 0.1) is 11.3 Å². The van der Waals surface area contributed by atoms with E-state index >= 15 is 0 Å². The SMILES string of the molecule is CS(=O)(=O)c1cc(Br)c(NC=C(C#N)c2nn[nH]n2)c(Br)c1. The second-order valence-electron chi connectivity index (χ2n) is 4.08. The predicted octanol–water partition coefficient (Wildman–Crippen LogP) is 2.10. The summed E-state index contributed by atoms with van der Waals surface area (Å²) in [5.41, 5.74) is 0.725. The van der Waals surface area contributed by atoms with Crippen LogP contribution in [-0.4, -0.2) is 35.3 Å². The van der Waals surface area contributed by atoms with Gasteiger partial charge in [-0.1, -0.05) is 0 Å². The van der Waals surface area contributed by atoms with Crippen molar-refractivity contribution in [1.29, 1.82) is 5.26 Å². The Labute approximate surface area is 142 Å². The van der Waals surface area contributed by atoms with Gasteiger partial charge < -0.3 is 5.32 Å². The van der Waals surface area contributed by atoms with Crippen LogP contribution < -0.4 is 5.32 Å². The molecule has 2 rings (SSSR count). The first-order valence-electron chi connectivity index (χ1n) is 5.62. The molecule has 11 heteroatoms. The molecular weight excluding hydrogens is 440 g/mol. The molecule has 0 aliphatic rings. The van der Waals surface area contributed by atoms with Gasteiger partial charge in [0.1, 0.15) is 11.6 Å². The fourth-order valence-electron chi connectivity index (χ4n) is 1.47. The van der Waals surface area contributed by atoms with E-state index in [2.05, 4.69) is 57.8 Å². The molecule has 0 fully saturated rings. The topological polar surface area (TPSA) is 124 Å². The molecule has 22 heavy (non-hydrogen) atoms. The van der Waals surface area contributed by atoms with Crippen LogP contribution in [0.15, 0.2) is 32.2 Å². The first kappa shape index (κ1) is 16.6. The van der Waals surface area contributed by atoms with E-state index in [9.17, 15) is 8.42 Å². The van der Waals surface area contributed by atoms with Gasteiger partial charge in [-0.15, -0.1) is 10.2 Å². The number of nitrogens with zero attached hydrogens (tertiary/aromatic N) is 4. The van der Waals surface area contributed by atoms with Gasteiger partial charge >= 0.3 is 0 Å². The third-order valence-corrected chi connectivity index (χ3v) is 4.85. The summed E-state index contributed by atoms with van der Waals surface area (Å²) in [5.74, 6) is 0.148. The molecule has 1 aromatic heterocycles. The summed E-state index contributed by atoms with van der Waals surface area (Å²) >= 11 is 6.58. The molecule has 0 spiro atoms. The minimum absolute atomic E-state index is 0.148. The fourth-order valence-corrected chi connectivity index (χ4v) is 3.85. The Morgan fingerprint density at radius 3 is 2.50 bits per heavy atom. The summed E-state index contributed by atoms with van der Waals surface area (Å²) in [6.45, 7) is 0. The number of allylic oxidation sites excluding steroid dienone is 1. The third kappa shape index (κ3) is 3.70.